The van der Waals surface area contributed by atoms with Crippen LogP contribution in [0, 0.1) is 5.92 Å². The van der Waals surface area contributed by atoms with Crippen molar-refractivity contribution in [3.8, 4) is 0 Å². The molecule has 0 spiro atoms. The summed E-state index contributed by atoms with van der Waals surface area (Å²) in [4.78, 5) is 13.2. The Bertz CT molecular complexity index is 173. The Morgan fingerprint density at radius 1 is 1.69 bits per heavy atom. The van der Waals surface area contributed by atoms with E-state index in [1.54, 1.807) is 0 Å². The molecule has 13 heavy (non-hydrogen) atoms. The predicted molar refractivity (Wildman–Crippen MR) is 50.5 cm³/mol. The molecule has 1 saturated heterocycles. The van der Waals surface area contributed by atoms with Crippen molar-refractivity contribution >= 4 is 6.03 Å². The number of carbonyl (C=O) groups excluding carboxylic acids is 1. The zero-order chi connectivity index (χ0) is 9.68. The van der Waals surface area contributed by atoms with E-state index in [1.165, 1.54) is 0 Å². The minimum atomic E-state index is 0.0305. The predicted octanol–water partition coefficient (Wildman–Crippen LogP) is 0.420. The minimum absolute atomic E-state index is 0.0305. The first-order chi connectivity index (χ1) is 6.27. The third-order valence-corrected chi connectivity index (χ3v) is 2.44. The van der Waals surface area contributed by atoms with Crippen LogP contribution in [0.1, 0.15) is 19.8 Å². The van der Waals surface area contributed by atoms with E-state index in [9.17, 15) is 4.79 Å². The van der Waals surface area contributed by atoms with E-state index >= 15 is 0 Å². The molecule has 76 valence electrons. The molecule has 1 heterocycles. The van der Waals surface area contributed by atoms with Crippen molar-refractivity contribution in [3.63, 3.8) is 0 Å². The van der Waals surface area contributed by atoms with Crippen molar-refractivity contribution in [3.05, 3.63) is 0 Å². The van der Waals surface area contributed by atoms with Gasteiger partial charge < -0.3 is 15.3 Å². The fourth-order valence-corrected chi connectivity index (χ4v) is 1.70. The molecule has 1 rings (SSSR count). The highest BCUT2D eigenvalue weighted by Crippen LogP contribution is 2.18. The molecule has 1 fully saturated rings. The van der Waals surface area contributed by atoms with Crippen LogP contribution >= 0.6 is 0 Å². The van der Waals surface area contributed by atoms with Crippen molar-refractivity contribution < 1.29 is 9.90 Å². The molecule has 0 saturated carbocycles. The van der Waals surface area contributed by atoms with Crippen molar-refractivity contribution in [1.82, 2.24) is 10.2 Å². The Morgan fingerprint density at radius 3 is 3.08 bits per heavy atom. The third kappa shape index (κ3) is 2.88. The summed E-state index contributed by atoms with van der Waals surface area (Å²) in [6.07, 6.45) is 1.84. The zero-order valence-electron chi connectivity index (χ0n) is 8.12. The molecular weight excluding hydrogens is 168 g/mol. The van der Waals surface area contributed by atoms with E-state index in [0.29, 0.717) is 12.5 Å². The second kappa shape index (κ2) is 5.07. The first kappa shape index (κ1) is 10.3. The lowest BCUT2D eigenvalue weighted by atomic mass is 10.1. The second-order valence-corrected chi connectivity index (χ2v) is 3.45. The number of urea groups is 1. The van der Waals surface area contributed by atoms with Gasteiger partial charge in [-0.15, -0.1) is 0 Å². The van der Waals surface area contributed by atoms with Crippen LogP contribution in [0.3, 0.4) is 0 Å². The number of hydrogen-bond acceptors (Lipinski definition) is 2. The van der Waals surface area contributed by atoms with Gasteiger partial charge >= 0.3 is 6.03 Å². The van der Waals surface area contributed by atoms with Crippen molar-refractivity contribution in [2.24, 2.45) is 5.92 Å². The molecule has 2 N–H and O–H groups in total. The fraction of sp³-hybridized carbons (Fsp3) is 0.889. The van der Waals surface area contributed by atoms with E-state index in [-0.39, 0.29) is 12.6 Å². The molecule has 0 aliphatic carbocycles. The molecule has 0 aromatic carbocycles. The maximum atomic E-state index is 11.3. The molecule has 0 bridgehead atoms. The van der Waals surface area contributed by atoms with Crippen LogP contribution in [0.25, 0.3) is 0 Å². The molecule has 4 heteroatoms. The SMILES string of the molecule is CCNC(=O)N1CCC(CCO)C1. The van der Waals surface area contributed by atoms with Gasteiger partial charge in [-0.25, -0.2) is 4.79 Å². The van der Waals surface area contributed by atoms with Gasteiger partial charge in [0.2, 0.25) is 0 Å². The van der Waals surface area contributed by atoms with Crippen molar-refractivity contribution in [2.45, 2.75) is 19.8 Å². The van der Waals surface area contributed by atoms with Gasteiger partial charge in [0.05, 0.1) is 0 Å². The van der Waals surface area contributed by atoms with E-state index in [0.717, 1.165) is 25.9 Å². The van der Waals surface area contributed by atoms with Gasteiger partial charge in [-0.2, -0.15) is 0 Å². The first-order valence-corrected chi connectivity index (χ1v) is 4.91. The van der Waals surface area contributed by atoms with Crippen LogP contribution in [0.15, 0.2) is 0 Å². The second-order valence-electron chi connectivity index (χ2n) is 3.45. The molecule has 2 amide bonds. The Labute approximate surface area is 78.9 Å². The molecule has 1 unspecified atom stereocenters. The smallest absolute Gasteiger partial charge is 0.317 e. The number of likely N-dealkylation sites (tertiary alicyclic amines) is 1. The molecule has 4 nitrogen and oxygen atoms in total. The summed E-state index contributed by atoms with van der Waals surface area (Å²) in [6, 6.07) is 0.0305. The summed E-state index contributed by atoms with van der Waals surface area (Å²) in [7, 11) is 0. The number of nitrogens with zero attached hydrogens (tertiary/aromatic N) is 1. The largest absolute Gasteiger partial charge is 0.396 e. The normalized spacial score (nSPS) is 22.0. The van der Waals surface area contributed by atoms with Gasteiger partial charge in [-0.3, -0.25) is 0 Å². The zero-order valence-corrected chi connectivity index (χ0v) is 8.12. The molecule has 1 atom stereocenters. The lowest BCUT2D eigenvalue weighted by molar-refractivity contribution is 0.205. The van der Waals surface area contributed by atoms with E-state index < -0.39 is 0 Å². The maximum Gasteiger partial charge on any atom is 0.317 e. The Morgan fingerprint density at radius 2 is 2.46 bits per heavy atom. The number of carbonyl (C=O) groups is 1. The lowest BCUT2D eigenvalue weighted by Crippen LogP contribution is -2.38. The summed E-state index contributed by atoms with van der Waals surface area (Å²) in [5, 5.41) is 11.5. The molecule has 1 aliphatic rings. The Kier molecular flexibility index (Phi) is 4.02. The Hall–Kier alpha value is -0.770. The lowest BCUT2D eigenvalue weighted by Gasteiger charge is -2.16. The average Bonchev–Trinajstić information content (AvgIpc) is 2.54. The van der Waals surface area contributed by atoms with Gasteiger partial charge in [0, 0.05) is 26.2 Å². The van der Waals surface area contributed by atoms with E-state index in [4.69, 9.17) is 5.11 Å². The van der Waals surface area contributed by atoms with Gasteiger partial charge in [0.25, 0.3) is 0 Å². The standard InChI is InChI=1S/C9H18N2O2/c1-2-10-9(13)11-5-3-8(7-11)4-6-12/h8,12H,2-7H2,1H3,(H,10,13). The first-order valence-electron chi connectivity index (χ1n) is 4.91. The quantitative estimate of drug-likeness (QED) is 0.671. The molecule has 0 radical (unpaired) electrons. The highest BCUT2D eigenvalue weighted by atomic mass is 16.3. The fourth-order valence-electron chi connectivity index (χ4n) is 1.70. The van der Waals surface area contributed by atoms with Crippen LogP contribution in [0.5, 0.6) is 0 Å². The molecule has 1 aliphatic heterocycles. The van der Waals surface area contributed by atoms with Crippen molar-refractivity contribution in [2.75, 3.05) is 26.2 Å². The van der Waals surface area contributed by atoms with E-state index in [1.807, 2.05) is 11.8 Å². The van der Waals surface area contributed by atoms with Gasteiger partial charge in [0.15, 0.2) is 0 Å². The highest BCUT2D eigenvalue weighted by molar-refractivity contribution is 5.74. The van der Waals surface area contributed by atoms with Gasteiger partial charge in [-0.1, -0.05) is 0 Å². The number of aliphatic hydroxyl groups is 1. The number of hydrogen-bond donors (Lipinski definition) is 2. The summed E-state index contributed by atoms with van der Waals surface area (Å²) in [6.45, 7) is 4.45. The highest BCUT2D eigenvalue weighted by Gasteiger charge is 2.24. The van der Waals surface area contributed by atoms with Crippen LogP contribution < -0.4 is 5.32 Å². The van der Waals surface area contributed by atoms with Gasteiger partial charge in [0.1, 0.15) is 0 Å². The number of aliphatic hydroxyl groups excluding tert-OH is 1. The topological polar surface area (TPSA) is 52.6 Å². The summed E-state index contributed by atoms with van der Waals surface area (Å²) < 4.78 is 0. The van der Waals surface area contributed by atoms with Crippen LogP contribution in [0.2, 0.25) is 0 Å². The number of nitrogens with one attached hydrogen (secondary N) is 1. The monoisotopic (exact) mass is 186 g/mol. The van der Waals surface area contributed by atoms with Crippen LogP contribution in [0.4, 0.5) is 4.79 Å². The van der Waals surface area contributed by atoms with Gasteiger partial charge in [-0.05, 0) is 25.7 Å². The minimum Gasteiger partial charge on any atom is -0.396 e. The summed E-state index contributed by atoms with van der Waals surface area (Å²) in [5.74, 6) is 0.493. The van der Waals surface area contributed by atoms with Crippen LogP contribution in [-0.2, 0) is 0 Å². The number of rotatable bonds is 3. The summed E-state index contributed by atoms with van der Waals surface area (Å²) in [5.41, 5.74) is 0. The maximum absolute atomic E-state index is 11.3. The summed E-state index contributed by atoms with van der Waals surface area (Å²) >= 11 is 0. The van der Waals surface area contributed by atoms with Crippen LogP contribution in [-0.4, -0.2) is 42.3 Å². The molecular formula is C9H18N2O2. The van der Waals surface area contributed by atoms with E-state index in [2.05, 4.69) is 5.32 Å². The Balaban J connectivity index is 2.27. The average molecular weight is 186 g/mol. The number of amides is 2. The third-order valence-electron chi connectivity index (χ3n) is 2.44. The van der Waals surface area contributed by atoms with Crippen molar-refractivity contribution in [1.29, 1.82) is 0 Å². The molecule has 0 aromatic heterocycles. The molecule has 0 aromatic rings.